The molecule has 0 spiro atoms. The van der Waals surface area contributed by atoms with Crippen molar-refractivity contribution in [3.63, 3.8) is 0 Å². The van der Waals surface area contributed by atoms with E-state index in [0.29, 0.717) is 17.1 Å². The first-order valence-corrected chi connectivity index (χ1v) is 8.25. The van der Waals surface area contributed by atoms with Gasteiger partial charge in [0.25, 0.3) is 0 Å². The van der Waals surface area contributed by atoms with Crippen molar-refractivity contribution in [2.75, 3.05) is 14.2 Å². The van der Waals surface area contributed by atoms with Gasteiger partial charge in [-0.1, -0.05) is 54.6 Å². The van der Waals surface area contributed by atoms with Gasteiger partial charge in [0.2, 0.25) is 0 Å². The zero-order chi connectivity index (χ0) is 18.4. The molecule has 0 aliphatic heterocycles. The second-order valence-electron chi connectivity index (χ2n) is 5.71. The maximum atomic E-state index is 12.3. The Morgan fingerprint density at radius 1 is 0.808 bits per heavy atom. The molecule has 0 amide bonds. The number of rotatable bonds is 6. The highest BCUT2D eigenvalue weighted by molar-refractivity contribution is 5.92. The number of methoxy groups -OCH3 is 2. The monoisotopic (exact) mass is 348 g/mol. The van der Waals surface area contributed by atoms with E-state index < -0.39 is 5.97 Å². The highest BCUT2D eigenvalue weighted by Crippen LogP contribution is 2.25. The van der Waals surface area contributed by atoms with Crippen LogP contribution in [0, 0.1) is 0 Å². The molecule has 0 bridgehead atoms. The second kappa shape index (κ2) is 8.21. The van der Waals surface area contributed by atoms with Crippen LogP contribution in [-0.4, -0.2) is 20.2 Å². The Labute approximate surface area is 153 Å². The minimum absolute atomic E-state index is 0.198. The Morgan fingerprint density at radius 3 is 2.15 bits per heavy atom. The van der Waals surface area contributed by atoms with Crippen LogP contribution in [-0.2, 0) is 11.3 Å². The first-order chi connectivity index (χ1) is 12.7. The zero-order valence-corrected chi connectivity index (χ0v) is 14.8. The van der Waals surface area contributed by atoms with Gasteiger partial charge in [-0.3, -0.25) is 0 Å². The summed E-state index contributed by atoms with van der Waals surface area (Å²) < 4.78 is 15.8. The van der Waals surface area contributed by atoms with Gasteiger partial charge in [-0.25, -0.2) is 4.79 Å². The van der Waals surface area contributed by atoms with Crippen LogP contribution < -0.4 is 9.47 Å². The molecule has 0 saturated carbocycles. The molecule has 0 atom stereocenters. The van der Waals surface area contributed by atoms with Gasteiger partial charge in [-0.15, -0.1) is 0 Å². The maximum Gasteiger partial charge on any atom is 0.342 e. The van der Waals surface area contributed by atoms with Gasteiger partial charge >= 0.3 is 5.97 Å². The minimum atomic E-state index is -0.434. The maximum absolute atomic E-state index is 12.3. The molecule has 0 N–H and O–H groups in total. The van der Waals surface area contributed by atoms with Crippen LogP contribution in [0.4, 0.5) is 0 Å². The molecule has 3 aromatic rings. The van der Waals surface area contributed by atoms with Crippen molar-refractivity contribution in [1.82, 2.24) is 0 Å². The molecule has 3 rings (SSSR count). The highest BCUT2D eigenvalue weighted by atomic mass is 16.5. The van der Waals surface area contributed by atoms with Crippen molar-refractivity contribution < 1.29 is 19.0 Å². The van der Waals surface area contributed by atoms with Crippen LogP contribution in [0.5, 0.6) is 11.5 Å². The van der Waals surface area contributed by atoms with Gasteiger partial charge in [0, 0.05) is 6.07 Å². The van der Waals surface area contributed by atoms with Crippen molar-refractivity contribution >= 4 is 5.97 Å². The Bertz CT molecular complexity index is 870. The summed E-state index contributed by atoms with van der Waals surface area (Å²) in [5.41, 5.74) is 3.57. The molecular weight excluding hydrogens is 328 g/mol. The number of benzene rings is 3. The van der Waals surface area contributed by atoms with Crippen LogP contribution in [0.2, 0.25) is 0 Å². The third-order valence-corrected chi connectivity index (χ3v) is 4.06. The summed E-state index contributed by atoms with van der Waals surface area (Å²) in [5, 5.41) is 0. The van der Waals surface area contributed by atoms with E-state index in [0.717, 1.165) is 16.7 Å². The number of carbonyl (C=O) groups excluding carboxylic acids is 1. The lowest BCUT2D eigenvalue weighted by molar-refractivity contribution is 0.0469. The summed E-state index contributed by atoms with van der Waals surface area (Å²) in [6, 6.07) is 23.1. The van der Waals surface area contributed by atoms with Crippen LogP contribution >= 0.6 is 0 Å². The topological polar surface area (TPSA) is 44.8 Å². The SMILES string of the molecule is COc1ccc(C(=O)OCc2ccc(-c3ccccc3)cc2)c(OC)c1. The summed E-state index contributed by atoms with van der Waals surface area (Å²) in [6.45, 7) is 0.198. The lowest BCUT2D eigenvalue weighted by Crippen LogP contribution is -2.07. The van der Waals surface area contributed by atoms with Crippen molar-refractivity contribution in [1.29, 1.82) is 0 Å². The number of hydrogen-bond acceptors (Lipinski definition) is 4. The fourth-order valence-electron chi connectivity index (χ4n) is 2.62. The molecule has 132 valence electrons. The fraction of sp³-hybridized carbons (Fsp3) is 0.136. The molecule has 26 heavy (non-hydrogen) atoms. The number of esters is 1. The molecule has 0 fully saturated rings. The molecule has 3 aromatic carbocycles. The standard InChI is InChI=1S/C22H20O4/c1-24-19-12-13-20(21(14-19)25-2)22(23)26-15-16-8-10-18(11-9-16)17-6-4-3-5-7-17/h3-14H,15H2,1-2H3. The van der Waals surface area contributed by atoms with E-state index in [9.17, 15) is 4.79 Å². The molecule has 0 unspecified atom stereocenters. The highest BCUT2D eigenvalue weighted by Gasteiger charge is 2.15. The van der Waals surface area contributed by atoms with E-state index >= 15 is 0 Å². The number of carbonyl (C=O) groups is 1. The van der Waals surface area contributed by atoms with Crippen molar-refractivity contribution in [3.8, 4) is 22.6 Å². The first kappa shape index (κ1) is 17.5. The molecule has 4 nitrogen and oxygen atoms in total. The van der Waals surface area contributed by atoms with Crippen molar-refractivity contribution in [2.45, 2.75) is 6.61 Å². The molecular formula is C22H20O4. The van der Waals surface area contributed by atoms with E-state index in [4.69, 9.17) is 14.2 Å². The molecule has 4 heteroatoms. The Morgan fingerprint density at radius 2 is 1.50 bits per heavy atom. The molecule has 0 aliphatic carbocycles. The molecule has 0 aliphatic rings. The van der Waals surface area contributed by atoms with Crippen molar-refractivity contribution in [3.05, 3.63) is 83.9 Å². The summed E-state index contributed by atoms with van der Waals surface area (Å²) >= 11 is 0. The van der Waals surface area contributed by atoms with Crippen LogP contribution in [0.15, 0.2) is 72.8 Å². The van der Waals surface area contributed by atoms with Crippen LogP contribution in [0.3, 0.4) is 0 Å². The Balaban J connectivity index is 1.66. The van der Waals surface area contributed by atoms with Gasteiger partial charge in [0.15, 0.2) is 0 Å². The van der Waals surface area contributed by atoms with E-state index in [1.807, 2.05) is 42.5 Å². The van der Waals surface area contributed by atoms with Crippen LogP contribution in [0.25, 0.3) is 11.1 Å². The van der Waals surface area contributed by atoms with E-state index in [-0.39, 0.29) is 6.61 Å². The van der Waals surface area contributed by atoms with E-state index in [1.165, 1.54) is 7.11 Å². The zero-order valence-electron chi connectivity index (χ0n) is 14.8. The van der Waals surface area contributed by atoms with E-state index in [2.05, 4.69) is 12.1 Å². The second-order valence-corrected chi connectivity index (χ2v) is 5.71. The lowest BCUT2D eigenvalue weighted by Gasteiger charge is -2.10. The average Bonchev–Trinajstić information content (AvgIpc) is 2.72. The number of hydrogen-bond donors (Lipinski definition) is 0. The quantitative estimate of drug-likeness (QED) is 0.604. The molecule has 0 radical (unpaired) electrons. The summed E-state index contributed by atoms with van der Waals surface area (Å²) in [5.74, 6) is 0.611. The largest absolute Gasteiger partial charge is 0.497 e. The van der Waals surface area contributed by atoms with Crippen LogP contribution in [0.1, 0.15) is 15.9 Å². The molecule has 0 saturated heterocycles. The number of ether oxygens (including phenoxy) is 3. The van der Waals surface area contributed by atoms with Gasteiger partial charge in [-0.05, 0) is 28.8 Å². The van der Waals surface area contributed by atoms with Gasteiger partial charge in [0.1, 0.15) is 23.7 Å². The lowest BCUT2D eigenvalue weighted by atomic mass is 10.0. The van der Waals surface area contributed by atoms with Gasteiger partial charge in [-0.2, -0.15) is 0 Å². The summed E-state index contributed by atoms with van der Waals surface area (Å²) in [4.78, 5) is 12.3. The Hall–Kier alpha value is -3.27. The predicted octanol–water partition coefficient (Wildman–Crippen LogP) is 4.73. The first-order valence-electron chi connectivity index (χ1n) is 8.25. The minimum Gasteiger partial charge on any atom is -0.497 e. The third kappa shape index (κ3) is 4.03. The smallest absolute Gasteiger partial charge is 0.342 e. The Kier molecular flexibility index (Phi) is 5.54. The summed E-state index contributed by atoms with van der Waals surface area (Å²) in [6.07, 6.45) is 0. The van der Waals surface area contributed by atoms with Crippen molar-refractivity contribution in [2.24, 2.45) is 0 Å². The average molecular weight is 348 g/mol. The van der Waals surface area contributed by atoms with Gasteiger partial charge in [0.05, 0.1) is 14.2 Å². The fourth-order valence-corrected chi connectivity index (χ4v) is 2.62. The summed E-state index contributed by atoms with van der Waals surface area (Å²) in [7, 11) is 3.07. The van der Waals surface area contributed by atoms with E-state index in [1.54, 1.807) is 25.3 Å². The molecule has 0 heterocycles. The predicted molar refractivity (Wildman–Crippen MR) is 101 cm³/mol. The van der Waals surface area contributed by atoms with Gasteiger partial charge < -0.3 is 14.2 Å². The normalized spacial score (nSPS) is 10.2. The third-order valence-electron chi connectivity index (χ3n) is 4.06. The molecule has 0 aromatic heterocycles.